The van der Waals surface area contributed by atoms with Crippen LogP contribution in [0.2, 0.25) is 0 Å². The summed E-state index contributed by atoms with van der Waals surface area (Å²) in [6.07, 6.45) is 0. The first-order valence-corrected chi connectivity index (χ1v) is 5.44. The van der Waals surface area contributed by atoms with E-state index in [9.17, 15) is 4.79 Å². The first kappa shape index (κ1) is 12.6. The van der Waals surface area contributed by atoms with Crippen LogP contribution in [0.4, 0.5) is 4.79 Å². The van der Waals surface area contributed by atoms with E-state index in [0.717, 1.165) is 0 Å². The van der Waals surface area contributed by atoms with Gasteiger partial charge < -0.3 is 11.1 Å². The minimum Gasteiger partial charge on any atom is -0.352 e. The Morgan fingerprint density at radius 1 is 1.31 bits per heavy atom. The van der Waals surface area contributed by atoms with Gasteiger partial charge in [-0.05, 0) is 30.5 Å². The highest BCUT2D eigenvalue weighted by Crippen LogP contribution is 2.24. The Bertz CT molecular complexity index is 397. The van der Waals surface area contributed by atoms with E-state index in [1.54, 1.807) is 0 Å². The van der Waals surface area contributed by atoms with Crippen LogP contribution in [0.5, 0.6) is 0 Å². The van der Waals surface area contributed by atoms with Gasteiger partial charge in [-0.25, -0.2) is 4.79 Å². The topological polar surface area (TPSA) is 55.1 Å². The number of urea groups is 1. The molecule has 0 heterocycles. The number of carbonyl (C=O) groups excluding carboxylic acids is 1. The average Bonchev–Trinajstić information content (AvgIpc) is 2.19. The lowest BCUT2D eigenvalue weighted by molar-refractivity contribution is 0.246. The number of amides is 2. The number of hydrogen-bond acceptors (Lipinski definition) is 1. The molecule has 0 aliphatic carbocycles. The van der Waals surface area contributed by atoms with Crippen molar-refractivity contribution in [2.24, 2.45) is 5.73 Å². The standard InChI is InChI=1S/C13H20N2O/c1-9-5-6-11(7-10(9)2)13(3,4)8-15-12(14)16/h5-7H,8H2,1-4H3,(H3,14,15,16). The van der Waals surface area contributed by atoms with Crippen molar-refractivity contribution in [2.45, 2.75) is 33.1 Å². The van der Waals surface area contributed by atoms with Crippen LogP contribution >= 0.6 is 0 Å². The van der Waals surface area contributed by atoms with Gasteiger partial charge in [-0.3, -0.25) is 0 Å². The fraction of sp³-hybridized carbons (Fsp3) is 0.462. The maximum atomic E-state index is 10.7. The van der Waals surface area contributed by atoms with E-state index in [2.05, 4.69) is 51.2 Å². The summed E-state index contributed by atoms with van der Waals surface area (Å²) in [6.45, 7) is 8.91. The summed E-state index contributed by atoms with van der Waals surface area (Å²) in [5.41, 5.74) is 8.74. The molecule has 88 valence electrons. The highest BCUT2D eigenvalue weighted by molar-refractivity contribution is 5.71. The van der Waals surface area contributed by atoms with Gasteiger partial charge in [0.15, 0.2) is 0 Å². The Balaban J connectivity index is 2.88. The Morgan fingerprint density at radius 3 is 2.44 bits per heavy atom. The van der Waals surface area contributed by atoms with E-state index in [1.807, 2.05) is 0 Å². The summed E-state index contributed by atoms with van der Waals surface area (Å²) in [7, 11) is 0. The molecule has 0 aromatic heterocycles. The molecule has 0 saturated heterocycles. The maximum Gasteiger partial charge on any atom is 0.312 e. The third-order valence-corrected chi connectivity index (χ3v) is 2.99. The van der Waals surface area contributed by atoms with Crippen LogP contribution in [0.25, 0.3) is 0 Å². The number of primary amides is 1. The van der Waals surface area contributed by atoms with E-state index in [1.165, 1.54) is 16.7 Å². The highest BCUT2D eigenvalue weighted by Gasteiger charge is 2.21. The Hall–Kier alpha value is -1.51. The van der Waals surface area contributed by atoms with Crippen molar-refractivity contribution in [3.8, 4) is 0 Å². The van der Waals surface area contributed by atoms with Gasteiger partial charge in [-0.1, -0.05) is 32.0 Å². The van der Waals surface area contributed by atoms with Gasteiger partial charge >= 0.3 is 6.03 Å². The van der Waals surface area contributed by atoms with Gasteiger partial charge in [-0.15, -0.1) is 0 Å². The second-order valence-corrected chi connectivity index (χ2v) is 4.90. The van der Waals surface area contributed by atoms with Crippen LogP contribution in [-0.4, -0.2) is 12.6 Å². The van der Waals surface area contributed by atoms with E-state index in [4.69, 9.17) is 5.73 Å². The highest BCUT2D eigenvalue weighted by atomic mass is 16.2. The number of rotatable bonds is 3. The van der Waals surface area contributed by atoms with Crippen molar-refractivity contribution in [3.63, 3.8) is 0 Å². The molecule has 0 atom stereocenters. The van der Waals surface area contributed by atoms with Gasteiger partial charge in [0.1, 0.15) is 0 Å². The number of benzene rings is 1. The molecule has 3 heteroatoms. The summed E-state index contributed by atoms with van der Waals surface area (Å²) in [4.78, 5) is 10.7. The van der Waals surface area contributed by atoms with Gasteiger partial charge in [-0.2, -0.15) is 0 Å². The molecule has 16 heavy (non-hydrogen) atoms. The first-order valence-electron chi connectivity index (χ1n) is 5.44. The zero-order chi connectivity index (χ0) is 12.3. The summed E-state index contributed by atoms with van der Waals surface area (Å²) < 4.78 is 0. The zero-order valence-electron chi connectivity index (χ0n) is 10.4. The lowest BCUT2D eigenvalue weighted by atomic mass is 9.83. The first-order chi connectivity index (χ1) is 7.33. The quantitative estimate of drug-likeness (QED) is 0.806. The van der Waals surface area contributed by atoms with Gasteiger partial charge in [0.2, 0.25) is 0 Å². The van der Waals surface area contributed by atoms with Crippen molar-refractivity contribution < 1.29 is 4.79 Å². The van der Waals surface area contributed by atoms with Crippen molar-refractivity contribution in [3.05, 3.63) is 34.9 Å². The fourth-order valence-electron chi connectivity index (χ4n) is 1.57. The molecule has 3 N–H and O–H groups in total. The van der Waals surface area contributed by atoms with Crippen LogP contribution in [0, 0.1) is 13.8 Å². The van der Waals surface area contributed by atoms with Crippen LogP contribution in [0.1, 0.15) is 30.5 Å². The molecule has 0 saturated carbocycles. The number of aryl methyl sites for hydroxylation is 2. The normalized spacial score (nSPS) is 11.2. The number of hydrogen-bond donors (Lipinski definition) is 2. The summed E-state index contributed by atoms with van der Waals surface area (Å²) >= 11 is 0. The van der Waals surface area contributed by atoms with Crippen LogP contribution in [-0.2, 0) is 5.41 Å². The average molecular weight is 220 g/mol. The molecule has 0 aliphatic heterocycles. The lowest BCUT2D eigenvalue weighted by Crippen LogP contribution is -2.39. The van der Waals surface area contributed by atoms with E-state index in [0.29, 0.717) is 6.54 Å². The molecular weight excluding hydrogens is 200 g/mol. The third kappa shape index (κ3) is 2.99. The predicted molar refractivity (Wildman–Crippen MR) is 66.5 cm³/mol. The number of carbonyl (C=O) groups is 1. The van der Waals surface area contributed by atoms with Crippen molar-refractivity contribution in [1.82, 2.24) is 5.32 Å². The summed E-state index contributed by atoms with van der Waals surface area (Å²) in [5.74, 6) is 0. The minimum absolute atomic E-state index is 0.104. The molecule has 0 bridgehead atoms. The summed E-state index contributed by atoms with van der Waals surface area (Å²) in [5, 5.41) is 2.66. The molecule has 0 aliphatic rings. The minimum atomic E-state index is -0.475. The SMILES string of the molecule is Cc1ccc(C(C)(C)CNC(N)=O)cc1C. The molecule has 0 spiro atoms. The second-order valence-electron chi connectivity index (χ2n) is 4.90. The van der Waals surface area contributed by atoms with Crippen molar-refractivity contribution >= 4 is 6.03 Å². The van der Waals surface area contributed by atoms with Gasteiger partial charge in [0.05, 0.1) is 0 Å². The predicted octanol–water partition coefficient (Wildman–Crippen LogP) is 2.25. The fourth-order valence-corrected chi connectivity index (χ4v) is 1.57. The van der Waals surface area contributed by atoms with Gasteiger partial charge in [0, 0.05) is 12.0 Å². The molecule has 0 radical (unpaired) electrons. The molecular formula is C13H20N2O. The summed E-state index contributed by atoms with van der Waals surface area (Å²) in [6, 6.07) is 5.90. The lowest BCUT2D eigenvalue weighted by Gasteiger charge is -2.26. The molecule has 1 rings (SSSR count). The third-order valence-electron chi connectivity index (χ3n) is 2.99. The van der Waals surface area contributed by atoms with Crippen LogP contribution in [0.15, 0.2) is 18.2 Å². The van der Waals surface area contributed by atoms with E-state index in [-0.39, 0.29) is 5.41 Å². The zero-order valence-corrected chi connectivity index (χ0v) is 10.4. The molecule has 1 aromatic carbocycles. The monoisotopic (exact) mass is 220 g/mol. The molecule has 2 amide bonds. The van der Waals surface area contributed by atoms with Crippen LogP contribution in [0.3, 0.4) is 0 Å². The van der Waals surface area contributed by atoms with E-state index < -0.39 is 6.03 Å². The number of nitrogens with one attached hydrogen (secondary N) is 1. The molecule has 0 unspecified atom stereocenters. The Labute approximate surface area is 97.0 Å². The number of nitrogens with two attached hydrogens (primary N) is 1. The molecule has 0 fully saturated rings. The van der Waals surface area contributed by atoms with Crippen LogP contribution < -0.4 is 11.1 Å². The second kappa shape index (κ2) is 4.56. The molecule has 3 nitrogen and oxygen atoms in total. The Morgan fingerprint density at radius 2 is 1.94 bits per heavy atom. The van der Waals surface area contributed by atoms with Crippen molar-refractivity contribution in [2.75, 3.05) is 6.54 Å². The maximum absolute atomic E-state index is 10.7. The Kier molecular flexibility index (Phi) is 3.58. The van der Waals surface area contributed by atoms with Gasteiger partial charge in [0.25, 0.3) is 0 Å². The molecule has 1 aromatic rings. The smallest absolute Gasteiger partial charge is 0.312 e. The largest absolute Gasteiger partial charge is 0.352 e. The van der Waals surface area contributed by atoms with E-state index >= 15 is 0 Å². The van der Waals surface area contributed by atoms with Crippen molar-refractivity contribution in [1.29, 1.82) is 0 Å².